The van der Waals surface area contributed by atoms with E-state index in [-0.39, 0.29) is 6.10 Å². The third-order valence-electron chi connectivity index (χ3n) is 5.97. The van der Waals surface area contributed by atoms with Crippen molar-refractivity contribution in [2.75, 3.05) is 40.5 Å². The van der Waals surface area contributed by atoms with Gasteiger partial charge >= 0.3 is 0 Å². The van der Waals surface area contributed by atoms with Crippen LogP contribution in [0.15, 0.2) is 48.5 Å². The maximum Gasteiger partial charge on any atom is 0.131 e. The highest BCUT2D eigenvalue weighted by Gasteiger charge is 2.32. The van der Waals surface area contributed by atoms with Gasteiger partial charge in [-0.05, 0) is 81.3 Å². The second-order valence-corrected chi connectivity index (χ2v) is 8.74. The van der Waals surface area contributed by atoms with Gasteiger partial charge in [-0.3, -0.25) is 0 Å². The molecule has 2 aliphatic rings. The standard InChI is InChI=1S/C26H33NO4/c1-26(2)18-23(22-12-11-21(29-4)17-24(22)31-26)25(19-7-9-20(28-3)10-8-19)30-16-15-27-13-5-6-14-27/h7-12,17-18,25H,5-6,13-16H2,1-4H3. The molecular weight excluding hydrogens is 390 g/mol. The average Bonchev–Trinajstić information content (AvgIpc) is 3.29. The summed E-state index contributed by atoms with van der Waals surface area (Å²) in [6.45, 7) is 8.12. The van der Waals surface area contributed by atoms with Crippen LogP contribution >= 0.6 is 0 Å². The lowest BCUT2D eigenvalue weighted by Gasteiger charge is -2.34. The maximum atomic E-state index is 6.57. The van der Waals surface area contributed by atoms with Crippen molar-refractivity contribution >= 4 is 5.57 Å². The summed E-state index contributed by atoms with van der Waals surface area (Å²) in [6, 6.07) is 14.2. The smallest absolute Gasteiger partial charge is 0.131 e. The summed E-state index contributed by atoms with van der Waals surface area (Å²) in [5, 5.41) is 0. The number of methoxy groups -OCH3 is 2. The molecule has 166 valence electrons. The monoisotopic (exact) mass is 423 g/mol. The Hall–Kier alpha value is -2.50. The fourth-order valence-electron chi connectivity index (χ4n) is 4.38. The fraction of sp³-hybridized carbons (Fsp3) is 0.462. The molecule has 2 aromatic carbocycles. The van der Waals surface area contributed by atoms with Gasteiger partial charge in [-0.1, -0.05) is 12.1 Å². The number of hydrogen-bond donors (Lipinski definition) is 0. The van der Waals surface area contributed by atoms with Gasteiger partial charge in [-0.25, -0.2) is 0 Å². The largest absolute Gasteiger partial charge is 0.497 e. The summed E-state index contributed by atoms with van der Waals surface area (Å²) in [6.07, 6.45) is 4.57. The van der Waals surface area contributed by atoms with Crippen molar-refractivity contribution < 1.29 is 18.9 Å². The number of rotatable bonds is 8. The van der Waals surface area contributed by atoms with Gasteiger partial charge in [0.05, 0.1) is 20.8 Å². The van der Waals surface area contributed by atoms with E-state index in [0.717, 1.165) is 40.5 Å². The molecule has 2 aromatic rings. The van der Waals surface area contributed by atoms with Gasteiger partial charge in [0, 0.05) is 18.2 Å². The summed E-state index contributed by atoms with van der Waals surface area (Å²) >= 11 is 0. The number of hydrogen-bond acceptors (Lipinski definition) is 5. The Kier molecular flexibility index (Phi) is 6.54. The molecule has 4 rings (SSSR count). The molecule has 31 heavy (non-hydrogen) atoms. The van der Waals surface area contributed by atoms with Crippen LogP contribution in [0.1, 0.15) is 43.9 Å². The normalized spacial score (nSPS) is 18.6. The lowest BCUT2D eigenvalue weighted by Crippen LogP contribution is -2.31. The highest BCUT2D eigenvalue weighted by Crippen LogP contribution is 2.45. The van der Waals surface area contributed by atoms with E-state index in [1.165, 1.54) is 25.9 Å². The van der Waals surface area contributed by atoms with Gasteiger partial charge in [0.1, 0.15) is 29.0 Å². The second kappa shape index (κ2) is 9.33. The molecule has 0 amide bonds. The molecule has 0 saturated carbocycles. The molecule has 2 aliphatic heterocycles. The van der Waals surface area contributed by atoms with E-state index in [0.29, 0.717) is 6.61 Å². The second-order valence-electron chi connectivity index (χ2n) is 8.74. The number of benzene rings is 2. The fourth-order valence-corrected chi connectivity index (χ4v) is 4.38. The van der Waals surface area contributed by atoms with Crippen LogP contribution in [0.4, 0.5) is 0 Å². The summed E-state index contributed by atoms with van der Waals surface area (Å²) in [5.41, 5.74) is 2.83. The topological polar surface area (TPSA) is 40.2 Å². The zero-order chi connectivity index (χ0) is 21.8. The van der Waals surface area contributed by atoms with Crippen LogP contribution in [0.5, 0.6) is 17.2 Å². The van der Waals surface area contributed by atoms with Crippen LogP contribution in [0.25, 0.3) is 5.57 Å². The van der Waals surface area contributed by atoms with E-state index in [9.17, 15) is 0 Å². The summed E-state index contributed by atoms with van der Waals surface area (Å²) in [4.78, 5) is 2.48. The Bertz CT molecular complexity index is 914. The number of likely N-dealkylation sites (tertiary alicyclic amines) is 1. The van der Waals surface area contributed by atoms with Gasteiger partial charge in [-0.2, -0.15) is 0 Å². The zero-order valence-corrected chi connectivity index (χ0v) is 19.0. The predicted octanol–water partition coefficient (Wildman–Crippen LogP) is 5.11. The predicted molar refractivity (Wildman–Crippen MR) is 123 cm³/mol. The molecular formula is C26H33NO4. The number of ether oxygens (including phenoxy) is 4. The van der Waals surface area contributed by atoms with E-state index in [2.05, 4.69) is 43.0 Å². The lowest BCUT2D eigenvalue weighted by atomic mass is 9.88. The van der Waals surface area contributed by atoms with E-state index >= 15 is 0 Å². The SMILES string of the molecule is COc1ccc(C(OCCN2CCCC2)C2=CC(C)(C)Oc3cc(OC)ccc32)cc1. The molecule has 2 heterocycles. The zero-order valence-electron chi connectivity index (χ0n) is 19.0. The van der Waals surface area contributed by atoms with Crippen molar-refractivity contribution in [3.8, 4) is 17.2 Å². The molecule has 1 unspecified atom stereocenters. The van der Waals surface area contributed by atoms with Crippen molar-refractivity contribution in [1.29, 1.82) is 0 Å². The first kappa shape index (κ1) is 21.7. The minimum atomic E-state index is -0.447. The van der Waals surface area contributed by atoms with Crippen molar-refractivity contribution in [2.45, 2.75) is 38.4 Å². The van der Waals surface area contributed by atoms with Crippen molar-refractivity contribution in [3.05, 3.63) is 59.7 Å². The van der Waals surface area contributed by atoms with Crippen LogP contribution in [0.2, 0.25) is 0 Å². The Morgan fingerprint density at radius 3 is 2.32 bits per heavy atom. The molecule has 0 spiro atoms. The van der Waals surface area contributed by atoms with E-state index in [1.807, 2.05) is 24.3 Å². The molecule has 0 aromatic heterocycles. The van der Waals surface area contributed by atoms with Crippen LogP contribution in [-0.4, -0.2) is 51.0 Å². The molecule has 0 aliphatic carbocycles. The van der Waals surface area contributed by atoms with Crippen LogP contribution in [0, 0.1) is 0 Å². The molecule has 0 bridgehead atoms. The van der Waals surface area contributed by atoms with Crippen LogP contribution in [0.3, 0.4) is 0 Å². The first-order valence-electron chi connectivity index (χ1n) is 11.1. The Morgan fingerprint density at radius 2 is 1.65 bits per heavy atom. The summed E-state index contributed by atoms with van der Waals surface area (Å²) in [5.74, 6) is 2.45. The van der Waals surface area contributed by atoms with Gasteiger partial charge in [0.2, 0.25) is 0 Å². The first-order chi connectivity index (χ1) is 15.0. The van der Waals surface area contributed by atoms with Crippen LogP contribution in [-0.2, 0) is 4.74 Å². The molecule has 1 saturated heterocycles. The van der Waals surface area contributed by atoms with Crippen molar-refractivity contribution in [3.63, 3.8) is 0 Å². The molecule has 0 N–H and O–H groups in total. The van der Waals surface area contributed by atoms with E-state index < -0.39 is 5.60 Å². The molecule has 0 radical (unpaired) electrons. The average molecular weight is 424 g/mol. The molecule has 1 atom stereocenters. The minimum Gasteiger partial charge on any atom is -0.497 e. The van der Waals surface area contributed by atoms with Gasteiger partial charge < -0.3 is 23.8 Å². The third-order valence-corrected chi connectivity index (χ3v) is 5.97. The first-order valence-corrected chi connectivity index (χ1v) is 11.1. The van der Waals surface area contributed by atoms with Crippen molar-refractivity contribution in [2.24, 2.45) is 0 Å². The molecule has 5 heteroatoms. The van der Waals surface area contributed by atoms with E-state index in [4.69, 9.17) is 18.9 Å². The van der Waals surface area contributed by atoms with E-state index in [1.54, 1.807) is 14.2 Å². The minimum absolute atomic E-state index is 0.191. The highest BCUT2D eigenvalue weighted by molar-refractivity contribution is 5.77. The van der Waals surface area contributed by atoms with Gasteiger partial charge in [0.15, 0.2) is 0 Å². The summed E-state index contributed by atoms with van der Waals surface area (Å²) < 4.78 is 23.6. The third kappa shape index (κ3) is 5.05. The quantitative estimate of drug-likeness (QED) is 0.590. The number of nitrogens with zero attached hydrogens (tertiary/aromatic N) is 1. The Balaban J connectivity index is 1.67. The highest BCUT2D eigenvalue weighted by atomic mass is 16.5. The molecule has 1 fully saturated rings. The Labute approximate surface area is 185 Å². The Morgan fingerprint density at radius 1 is 0.968 bits per heavy atom. The van der Waals surface area contributed by atoms with Gasteiger partial charge in [0.25, 0.3) is 0 Å². The van der Waals surface area contributed by atoms with Crippen LogP contribution < -0.4 is 14.2 Å². The summed E-state index contributed by atoms with van der Waals surface area (Å²) in [7, 11) is 3.36. The maximum absolute atomic E-state index is 6.57. The molecule has 5 nitrogen and oxygen atoms in total. The van der Waals surface area contributed by atoms with Gasteiger partial charge in [-0.15, -0.1) is 0 Å². The lowest BCUT2D eigenvalue weighted by molar-refractivity contribution is 0.0714. The van der Waals surface area contributed by atoms with Crippen molar-refractivity contribution in [1.82, 2.24) is 4.90 Å². The number of fused-ring (bicyclic) bond motifs is 1.